The Balaban J connectivity index is 2.47. The van der Waals surface area contributed by atoms with Gasteiger partial charge in [-0.2, -0.15) is 0 Å². The summed E-state index contributed by atoms with van der Waals surface area (Å²) in [6.45, 7) is 10.1. The van der Waals surface area contributed by atoms with Crippen molar-refractivity contribution in [1.29, 1.82) is 0 Å². The van der Waals surface area contributed by atoms with Crippen molar-refractivity contribution in [2.24, 2.45) is 5.92 Å². The lowest BCUT2D eigenvalue weighted by molar-refractivity contribution is 0.0887. The van der Waals surface area contributed by atoms with E-state index in [0.717, 1.165) is 12.3 Å². The van der Waals surface area contributed by atoms with Crippen LogP contribution in [0.4, 0.5) is 5.69 Å². The molecule has 4 nitrogen and oxygen atoms in total. The predicted octanol–water partition coefficient (Wildman–Crippen LogP) is 2.91. The van der Waals surface area contributed by atoms with Crippen LogP contribution in [0.25, 0.3) is 0 Å². The smallest absolute Gasteiger partial charge is 0.253 e. The standard InChI is InChI=1S/C16H26N2O2/c1-12(2)11-20-10-9-17-16(19)14-7-5-6-8-15(14)18-13(3)4/h5-8,12-13,18H,9-11H2,1-4H3,(H,17,19). The maximum atomic E-state index is 12.1. The fourth-order valence-corrected chi connectivity index (χ4v) is 1.77. The number of amides is 1. The van der Waals surface area contributed by atoms with Crippen molar-refractivity contribution in [2.75, 3.05) is 25.1 Å². The number of anilines is 1. The van der Waals surface area contributed by atoms with Gasteiger partial charge in [-0.3, -0.25) is 4.79 Å². The van der Waals surface area contributed by atoms with Gasteiger partial charge in [0.05, 0.1) is 12.2 Å². The number of para-hydroxylation sites is 1. The maximum absolute atomic E-state index is 12.1. The number of rotatable bonds is 8. The minimum absolute atomic E-state index is 0.0677. The highest BCUT2D eigenvalue weighted by Gasteiger charge is 2.10. The van der Waals surface area contributed by atoms with Crippen LogP contribution in [-0.4, -0.2) is 31.7 Å². The normalized spacial score (nSPS) is 10.9. The van der Waals surface area contributed by atoms with Crippen LogP contribution >= 0.6 is 0 Å². The Bertz CT molecular complexity index is 417. The second-order valence-electron chi connectivity index (χ2n) is 5.57. The summed E-state index contributed by atoms with van der Waals surface area (Å²) in [6.07, 6.45) is 0. The van der Waals surface area contributed by atoms with Gasteiger partial charge in [-0.25, -0.2) is 0 Å². The molecular formula is C16H26N2O2. The van der Waals surface area contributed by atoms with E-state index in [1.807, 2.05) is 24.3 Å². The lowest BCUT2D eigenvalue weighted by Gasteiger charge is -2.14. The van der Waals surface area contributed by atoms with Crippen molar-refractivity contribution >= 4 is 11.6 Å². The first-order chi connectivity index (χ1) is 9.50. The molecule has 1 aromatic rings. The molecule has 0 saturated heterocycles. The van der Waals surface area contributed by atoms with E-state index in [1.165, 1.54) is 0 Å². The first-order valence-corrected chi connectivity index (χ1v) is 7.22. The molecule has 112 valence electrons. The van der Waals surface area contributed by atoms with E-state index in [4.69, 9.17) is 4.74 Å². The summed E-state index contributed by atoms with van der Waals surface area (Å²) >= 11 is 0. The van der Waals surface area contributed by atoms with E-state index in [0.29, 0.717) is 30.7 Å². The number of carbonyl (C=O) groups is 1. The van der Waals surface area contributed by atoms with Crippen LogP contribution < -0.4 is 10.6 Å². The molecule has 0 atom stereocenters. The molecule has 2 N–H and O–H groups in total. The molecule has 0 aromatic heterocycles. The van der Waals surface area contributed by atoms with Crippen LogP contribution in [0.3, 0.4) is 0 Å². The Morgan fingerprint density at radius 1 is 1.20 bits per heavy atom. The van der Waals surface area contributed by atoms with Crippen LogP contribution in [0.1, 0.15) is 38.1 Å². The van der Waals surface area contributed by atoms with E-state index in [2.05, 4.69) is 38.3 Å². The first-order valence-electron chi connectivity index (χ1n) is 7.22. The number of ether oxygens (including phenoxy) is 1. The van der Waals surface area contributed by atoms with E-state index < -0.39 is 0 Å². The topological polar surface area (TPSA) is 50.4 Å². The Labute approximate surface area is 121 Å². The number of benzene rings is 1. The van der Waals surface area contributed by atoms with Crippen molar-refractivity contribution in [1.82, 2.24) is 5.32 Å². The lowest BCUT2D eigenvalue weighted by atomic mass is 10.1. The quantitative estimate of drug-likeness (QED) is 0.719. The minimum Gasteiger partial charge on any atom is -0.382 e. The summed E-state index contributed by atoms with van der Waals surface area (Å²) in [4.78, 5) is 12.1. The van der Waals surface area contributed by atoms with Gasteiger partial charge >= 0.3 is 0 Å². The van der Waals surface area contributed by atoms with Gasteiger partial charge in [0.15, 0.2) is 0 Å². The van der Waals surface area contributed by atoms with E-state index in [9.17, 15) is 4.79 Å². The monoisotopic (exact) mass is 278 g/mol. The molecule has 4 heteroatoms. The number of carbonyl (C=O) groups excluding carboxylic acids is 1. The molecule has 20 heavy (non-hydrogen) atoms. The van der Waals surface area contributed by atoms with Gasteiger partial charge in [-0.15, -0.1) is 0 Å². The van der Waals surface area contributed by atoms with E-state index in [1.54, 1.807) is 0 Å². The van der Waals surface area contributed by atoms with Gasteiger partial charge in [0, 0.05) is 24.9 Å². The zero-order valence-corrected chi connectivity index (χ0v) is 12.9. The molecule has 1 rings (SSSR count). The van der Waals surface area contributed by atoms with E-state index in [-0.39, 0.29) is 5.91 Å². The Morgan fingerprint density at radius 2 is 1.90 bits per heavy atom. The summed E-state index contributed by atoms with van der Waals surface area (Å²) in [5, 5.41) is 6.16. The van der Waals surface area contributed by atoms with Crippen LogP contribution in [0.2, 0.25) is 0 Å². The number of hydrogen-bond donors (Lipinski definition) is 2. The summed E-state index contributed by atoms with van der Waals surface area (Å²) in [5.41, 5.74) is 1.54. The Morgan fingerprint density at radius 3 is 2.55 bits per heavy atom. The van der Waals surface area contributed by atoms with Crippen molar-refractivity contribution in [3.63, 3.8) is 0 Å². The molecule has 0 radical (unpaired) electrons. The molecule has 0 fully saturated rings. The largest absolute Gasteiger partial charge is 0.382 e. The van der Waals surface area contributed by atoms with Crippen LogP contribution in [0, 0.1) is 5.92 Å². The second-order valence-corrected chi connectivity index (χ2v) is 5.57. The summed E-state index contributed by atoms with van der Waals surface area (Å²) < 4.78 is 5.45. The van der Waals surface area contributed by atoms with Crippen molar-refractivity contribution in [2.45, 2.75) is 33.7 Å². The zero-order chi connectivity index (χ0) is 15.0. The minimum atomic E-state index is -0.0677. The molecule has 0 saturated carbocycles. The number of hydrogen-bond acceptors (Lipinski definition) is 3. The fourth-order valence-electron chi connectivity index (χ4n) is 1.77. The molecular weight excluding hydrogens is 252 g/mol. The molecule has 0 spiro atoms. The Hall–Kier alpha value is -1.55. The highest BCUT2D eigenvalue weighted by molar-refractivity contribution is 5.99. The average Bonchev–Trinajstić information content (AvgIpc) is 2.37. The molecule has 0 bridgehead atoms. The molecule has 0 heterocycles. The van der Waals surface area contributed by atoms with E-state index >= 15 is 0 Å². The van der Waals surface area contributed by atoms with Gasteiger partial charge in [-0.1, -0.05) is 26.0 Å². The highest BCUT2D eigenvalue weighted by Crippen LogP contribution is 2.15. The van der Waals surface area contributed by atoms with Crippen LogP contribution in [0.15, 0.2) is 24.3 Å². The van der Waals surface area contributed by atoms with Crippen LogP contribution in [-0.2, 0) is 4.74 Å². The molecule has 0 aliphatic heterocycles. The molecule has 0 aliphatic rings. The first kappa shape index (κ1) is 16.5. The fraction of sp³-hybridized carbons (Fsp3) is 0.562. The van der Waals surface area contributed by atoms with Gasteiger partial charge in [-0.05, 0) is 31.9 Å². The Kier molecular flexibility index (Phi) is 7.09. The SMILES string of the molecule is CC(C)COCCNC(=O)c1ccccc1NC(C)C. The van der Waals surface area contributed by atoms with Gasteiger partial charge < -0.3 is 15.4 Å². The number of nitrogens with one attached hydrogen (secondary N) is 2. The lowest BCUT2D eigenvalue weighted by Crippen LogP contribution is -2.28. The third kappa shape index (κ3) is 6.06. The van der Waals surface area contributed by atoms with Gasteiger partial charge in [0.25, 0.3) is 5.91 Å². The third-order valence-electron chi connectivity index (χ3n) is 2.60. The summed E-state index contributed by atoms with van der Waals surface area (Å²) in [6, 6.07) is 7.83. The van der Waals surface area contributed by atoms with Crippen molar-refractivity contribution in [3.8, 4) is 0 Å². The highest BCUT2D eigenvalue weighted by atomic mass is 16.5. The zero-order valence-electron chi connectivity index (χ0n) is 12.9. The second kappa shape index (κ2) is 8.59. The average molecular weight is 278 g/mol. The predicted molar refractivity (Wildman–Crippen MR) is 83.2 cm³/mol. The van der Waals surface area contributed by atoms with Gasteiger partial charge in [0.1, 0.15) is 0 Å². The summed E-state index contributed by atoms with van der Waals surface area (Å²) in [7, 11) is 0. The molecule has 1 amide bonds. The molecule has 0 unspecified atom stereocenters. The summed E-state index contributed by atoms with van der Waals surface area (Å²) in [5.74, 6) is 0.448. The van der Waals surface area contributed by atoms with Crippen molar-refractivity contribution < 1.29 is 9.53 Å². The molecule has 0 aliphatic carbocycles. The van der Waals surface area contributed by atoms with Crippen molar-refractivity contribution in [3.05, 3.63) is 29.8 Å². The van der Waals surface area contributed by atoms with Crippen LogP contribution in [0.5, 0.6) is 0 Å². The molecule has 1 aromatic carbocycles. The maximum Gasteiger partial charge on any atom is 0.253 e. The third-order valence-corrected chi connectivity index (χ3v) is 2.60. The van der Waals surface area contributed by atoms with Gasteiger partial charge in [0.2, 0.25) is 0 Å².